The molecule has 0 fully saturated rings. The van der Waals surface area contributed by atoms with Crippen molar-refractivity contribution in [2.45, 2.75) is 19.4 Å². The highest BCUT2D eigenvalue weighted by molar-refractivity contribution is 5.89. The second-order valence-corrected chi connectivity index (χ2v) is 6.40. The molecule has 0 bridgehead atoms. The molecule has 3 rings (SSSR count). The monoisotopic (exact) mass is 370 g/mol. The summed E-state index contributed by atoms with van der Waals surface area (Å²) in [6.45, 7) is 2.98. The zero-order chi connectivity index (χ0) is 18.9. The first-order valence-electron chi connectivity index (χ1n) is 9.24. The van der Waals surface area contributed by atoms with Gasteiger partial charge in [-0.25, -0.2) is 4.79 Å². The molecule has 0 saturated heterocycles. The van der Waals surface area contributed by atoms with Gasteiger partial charge in [-0.15, -0.1) is 0 Å². The Balaban J connectivity index is 1.65. The zero-order valence-corrected chi connectivity index (χ0v) is 15.6. The number of rotatable bonds is 8. The number of amides is 2. The van der Waals surface area contributed by atoms with Gasteiger partial charge in [-0.1, -0.05) is 30.3 Å². The van der Waals surface area contributed by atoms with Crippen LogP contribution < -0.4 is 14.8 Å². The number of hydrogen-bond acceptors (Lipinski definition) is 4. The van der Waals surface area contributed by atoms with E-state index in [1.165, 1.54) is 0 Å². The van der Waals surface area contributed by atoms with Crippen molar-refractivity contribution in [3.63, 3.8) is 0 Å². The van der Waals surface area contributed by atoms with E-state index in [1.54, 1.807) is 13.2 Å². The largest absolute Gasteiger partial charge is 0.486 e. The van der Waals surface area contributed by atoms with Gasteiger partial charge in [-0.05, 0) is 30.5 Å². The van der Waals surface area contributed by atoms with Gasteiger partial charge in [0, 0.05) is 38.6 Å². The van der Waals surface area contributed by atoms with E-state index in [0.717, 1.165) is 18.4 Å². The van der Waals surface area contributed by atoms with Crippen LogP contribution in [0.1, 0.15) is 18.4 Å². The fraction of sp³-hybridized carbons (Fsp3) is 0.381. The first-order chi connectivity index (χ1) is 13.3. The molecule has 1 N–H and O–H groups in total. The minimum Gasteiger partial charge on any atom is -0.486 e. The lowest BCUT2D eigenvalue weighted by Crippen LogP contribution is -2.35. The van der Waals surface area contributed by atoms with Gasteiger partial charge in [0.1, 0.15) is 13.2 Å². The smallest absolute Gasteiger partial charge is 0.322 e. The third-order valence-corrected chi connectivity index (χ3v) is 4.32. The number of ether oxygens (including phenoxy) is 3. The number of unbranched alkanes of at least 4 members (excludes halogenated alkanes) is 1. The van der Waals surface area contributed by atoms with Gasteiger partial charge in [0.2, 0.25) is 0 Å². The van der Waals surface area contributed by atoms with Crippen molar-refractivity contribution in [2.24, 2.45) is 0 Å². The topological polar surface area (TPSA) is 60.0 Å². The van der Waals surface area contributed by atoms with E-state index in [0.29, 0.717) is 50.1 Å². The van der Waals surface area contributed by atoms with Crippen LogP contribution in [0.25, 0.3) is 0 Å². The quantitative estimate of drug-likeness (QED) is 0.716. The molecule has 2 aromatic carbocycles. The molecule has 0 atom stereocenters. The number of carbonyl (C=O) groups is 1. The highest BCUT2D eigenvalue weighted by atomic mass is 16.6. The summed E-state index contributed by atoms with van der Waals surface area (Å²) in [5, 5.41) is 2.97. The van der Waals surface area contributed by atoms with E-state index in [1.807, 2.05) is 47.4 Å². The van der Waals surface area contributed by atoms with Crippen LogP contribution in [0.5, 0.6) is 11.5 Å². The summed E-state index contributed by atoms with van der Waals surface area (Å²) >= 11 is 0. The first-order valence-corrected chi connectivity index (χ1v) is 9.24. The van der Waals surface area contributed by atoms with Gasteiger partial charge < -0.3 is 24.4 Å². The van der Waals surface area contributed by atoms with Gasteiger partial charge >= 0.3 is 6.03 Å². The SMILES string of the molecule is COCCCCN(Cc1ccccc1)C(=O)Nc1ccc2c(c1)OCCO2. The summed E-state index contributed by atoms with van der Waals surface area (Å²) in [4.78, 5) is 14.7. The van der Waals surface area contributed by atoms with E-state index in [4.69, 9.17) is 14.2 Å². The third-order valence-electron chi connectivity index (χ3n) is 4.32. The lowest BCUT2D eigenvalue weighted by atomic mass is 10.2. The van der Waals surface area contributed by atoms with Crippen LogP contribution in [0.3, 0.4) is 0 Å². The van der Waals surface area contributed by atoms with Crippen molar-refractivity contribution in [3.05, 3.63) is 54.1 Å². The molecule has 1 aliphatic heterocycles. The van der Waals surface area contributed by atoms with Crippen LogP contribution in [0, 0.1) is 0 Å². The van der Waals surface area contributed by atoms with Crippen molar-refractivity contribution in [1.29, 1.82) is 0 Å². The van der Waals surface area contributed by atoms with Gasteiger partial charge in [-0.3, -0.25) is 0 Å². The molecule has 6 nitrogen and oxygen atoms in total. The van der Waals surface area contributed by atoms with Crippen LogP contribution >= 0.6 is 0 Å². The lowest BCUT2D eigenvalue weighted by Gasteiger charge is -2.24. The third kappa shape index (κ3) is 5.62. The van der Waals surface area contributed by atoms with Crippen molar-refractivity contribution < 1.29 is 19.0 Å². The Bertz CT molecular complexity index is 736. The maximum absolute atomic E-state index is 12.9. The highest BCUT2D eigenvalue weighted by Gasteiger charge is 2.16. The zero-order valence-electron chi connectivity index (χ0n) is 15.6. The molecule has 0 spiro atoms. The molecule has 6 heteroatoms. The number of fused-ring (bicyclic) bond motifs is 1. The second-order valence-electron chi connectivity index (χ2n) is 6.40. The van der Waals surface area contributed by atoms with E-state index in [9.17, 15) is 4.79 Å². The van der Waals surface area contributed by atoms with E-state index < -0.39 is 0 Å². The Morgan fingerprint density at radius 1 is 1.07 bits per heavy atom. The molecule has 0 aromatic heterocycles. The molecule has 0 aliphatic carbocycles. The fourth-order valence-electron chi connectivity index (χ4n) is 2.93. The molecule has 27 heavy (non-hydrogen) atoms. The molecule has 2 amide bonds. The molecule has 1 aliphatic rings. The Kier molecular flexibility index (Phi) is 6.93. The minimum atomic E-state index is -0.132. The minimum absolute atomic E-state index is 0.132. The van der Waals surface area contributed by atoms with Gasteiger partial charge in [-0.2, -0.15) is 0 Å². The van der Waals surface area contributed by atoms with Crippen molar-refractivity contribution in [3.8, 4) is 11.5 Å². The van der Waals surface area contributed by atoms with Crippen LogP contribution in [-0.2, 0) is 11.3 Å². The van der Waals surface area contributed by atoms with Crippen molar-refractivity contribution in [1.82, 2.24) is 4.90 Å². The number of urea groups is 1. The molecule has 1 heterocycles. The summed E-state index contributed by atoms with van der Waals surface area (Å²) in [5.74, 6) is 1.37. The Labute approximate surface area is 160 Å². The summed E-state index contributed by atoms with van der Waals surface area (Å²) in [6.07, 6.45) is 1.80. The summed E-state index contributed by atoms with van der Waals surface area (Å²) in [5.41, 5.74) is 1.79. The summed E-state index contributed by atoms with van der Waals surface area (Å²) < 4.78 is 16.2. The van der Waals surface area contributed by atoms with E-state index in [-0.39, 0.29) is 6.03 Å². The number of nitrogens with one attached hydrogen (secondary N) is 1. The molecule has 0 saturated carbocycles. The predicted molar refractivity (Wildman–Crippen MR) is 104 cm³/mol. The molecule has 0 unspecified atom stereocenters. The molecular formula is C21H26N2O4. The number of carbonyl (C=O) groups excluding carboxylic acids is 1. The standard InChI is InChI=1S/C21H26N2O4/c1-25-12-6-5-11-23(16-17-7-3-2-4-8-17)21(24)22-18-9-10-19-20(15-18)27-14-13-26-19/h2-4,7-10,15H,5-6,11-14,16H2,1H3,(H,22,24). The van der Waals surface area contributed by atoms with Gasteiger partial charge in [0.15, 0.2) is 11.5 Å². The Morgan fingerprint density at radius 2 is 1.85 bits per heavy atom. The van der Waals surface area contributed by atoms with Crippen molar-refractivity contribution >= 4 is 11.7 Å². The molecule has 2 aromatic rings. The number of anilines is 1. The van der Waals surface area contributed by atoms with Crippen LogP contribution in [0.2, 0.25) is 0 Å². The average Bonchev–Trinajstić information content (AvgIpc) is 2.71. The highest BCUT2D eigenvalue weighted by Crippen LogP contribution is 2.32. The van der Waals surface area contributed by atoms with Gasteiger partial charge in [0.25, 0.3) is 0 Å². The second kappa shape index (κ2) is 9.83. The molecular weight excluding hydrogens is 344 g/mol. The van der Waals surface area contributed by atoms with Crippen LogP contribution in [0.4, 0.5) is 10.5 Å². The molecule has 0 radical (unpaired) electrons. The fourth-order valence-corrected chi connectivity index (χ4v) is 2.93. The first kappa shape index (κ1) is 19.0. The Morgan fingerprint density at radius 3 is 2.63 bits per heavy atom. The number of hydrogen-bond donors (Lipinski definition) is 1. The van der Waals surface area contributed by atoms with E-state index in [2.05, 4.69) is 5.32 Å². The number of nitrogens with zero attached hydrogens (tertiary/aromatic N) is 1. The van der Waals surface area contributed by atoms with Crippen molar-refractivity contribution in [2.75, 3.05) is 38.8 Å². The lowest BCUT2D eigenvalue weighted by molar-refractivity contribution is 0.171. The summed E-state index contributed by atoms with van der Waals surface area (Å²) in [6, 6.07) is 15.3. The number of methoxy groups -OCH3 is 1. The Hall–Kier alpha value is -2.73. The predicted octanol–water partition coefficient (Wildman–Crippen LogP) is 3.92. The van der Waals surface area contributed by atoms with E-state index >= 15 is 0 Å². The van der Waals surface area contributed by atoms with Gasteiger partial charge in [0.05, 0.1) is 0 Å². The van der Waals surface area contributed by atoms with Crippen LogP contribution in [-0.4, -0.2) is 44.4 Å². The molecule has 144 valence electrons. The maximum Gasteiger partial charge on any atom is 0.322 e. The van der Waals surface area contributed by atoms with Crippen LogP contribution in [0.15, 0.2) is 48.5 Å². The average molecular weight is 370 g/mol. The number of benzene rings is 2. The normalized spacial score (nSPS) is 12.5. The maximum atomic E-state index is 12.9. The summed E-state index contributed by atoms with van der Waals surface area (Å²) in [7, 11) is 1.69.